The van der Waals surface area contributed by atoms with E-state index in [1.54, 1.807) is 0 Å². The van der Waals surface area contributed by atoms with Gasteiger partial charge in [0.25, 0.3) is 0 Å². The van der Waals surface area contributed by atoms with E-state index in [-0.39, 0.29) is 24.8 Å². The number of pyridine rings is 1. The maximum Gasteiger partial charge on any atom is 0.160 e. The molecule has 34 heavy (non-hydrogen) atoms. The summed E-state index contributed by atoms with van der Waals surface area (Å²) in [6, 6.07) is 12.0. The summed E-state index contributed by atoms with van der Waals surface area (Å²) >= 11 is 0. The van der Waals surface area contributed by atoms with Gasteiger partial charge in [0, 0.05) is 37.8 Å². The Morgan fingerprint density at radius 3 is 2.32 bits per heavy atom. The Kier molecular flexibility index (Phi) is 10.8. The van der Waals surface area contributed by atoms with Crippen LogP contribution in [0.3, 0.4) is 0 Å². The zero-order valence-electron chi connectivity index (χ0n) is 21.4. The fraction of sp³-hybridized carbons (Fsp3) is 0.556. The van der Waals surface area contributed by atoms with Crippen molar-refractivity contribution in [3.8, 4) is 0 Å². The number of aryl methyl sites for hydroxylation is 4. The molecule has 0 spiro atoms. The van der Waals surface area contributed by atoms with Gasteiger partial charge in [-0.15, -0.1) is 24.8 Å². The highest BCUT2D eigenvalue weighted by Gasteiger charge is 2.21. The molecule has 1 saturated heterocycles. The second kappa shape index (κ2) is 12.9. The Balaban J connectivity index is 0.00000204. The number of piperazine rings is 1. The van der Waals surface area contributed by atoms with E-state index in [9.17, 15) is 0 Å². The number of fused-ring (bicyclic) bond motifs is 1. The smallest absolute Gasteiger partial charge is 0.160 e. The molecule has 1 unspecified atom stereocenters. The van der Waals surface area contributed by atoms with Crippen molar-refractivity contribution in [3.05, 3.63) is 58.5 Å². The molecule has 7 heteroatoms. The average molecular weight is 507 g/mol. The number of benzene rings is 1. The molecule has 1 aliphatic heterocycles. The van der Waals surface area contributed by atoms with Gasteiger partial charge in [-0.3, -0.25) is 4.90 Å². The fourth-order valence-electron chi connectivity index (χ4n) is 5.13. The second-order valence-electron chi connectivity index (χ2n) is 9.42. The van der Waals surface area contributed by atoms with Crippen molar-refractivity contribution in [1.82, 2.24) is 24.3 Å². The van der Waals surface area contributed by atoms with Gasteiger partial charge in [-0.25, -0.2) is 9.97 Å². The van der Waals surface area contributed by atoms with Gasteiger partial charge < -0.3 is 9.47 Å². The van der Waals surface area contributed by atoms with Crippen molar-refractivity contribution in [2.24, 2.45) is 0 Å². The van der Waals surface area contributed by atoms with Crippen LogP contribution in [-0.4, -0.2) is 63.1 Å². The van der Waals surface area contributed by atoms with Gasteiger partial charge in [0.1, 0.15) is 11.3 Å². The first-order valence-corrected chi connectivity index (χ1v) is 12.4. The van der Waals surface area contributed by atoms with E-state index < -0.39 is 0 Å². The lowest BCUT2D eigenvalue weighted by molar-refractivity contribution is 0.0874. The molecule has 0 bridgehead atoms. The monoisotopic (exact) mass is 505 g/mol. The molecule has 4 rings (SSSR count). The van der Waals surface area contributed by atoms with Crippen molar-refractivity contribution in [3.63, 3.8) is 0 Å². The maximum absolute atomic E-state index is 4.88. The SMILES string of the molecule is CCc1nc2c(C)cc(C)nc2n1Cc1ccc(CCCN2CCN(CC)C(C)C2)cc1.Cl.Cl. The molecule has 1 fully saturated rings. The highest BCUT2D eigenvalue weighted by Crippen LogP contribution is 2.21. The number of halogens is 2. The summed E-state index contributed by atoms with van der Waals surface area (Å²) in [4.78, 5) is 14.9. The van der Waals surface area contributed by atoms with Crippen molar-refractivity contribution >= 4 is 36.0 Å². The van der Waals surface area contributed by atoms with Gasteiger partial charge in [-0.1, -0.05) is 38.1 Å². The molecule has 0 amide bonds. The third-order valence-electron chi connectivity index (χ3n) is 6.98. The first-order chi connectivity index (χ1) is 15.5. The number of imidazole rings is 1. The molecule has 5 nitrogen and oxygen atoms in total. The predicted octanol–water partition coefficient (Wildman–Crippen LogP) is 5.46. The number of likely N-dealkylation sites (N-methyl/N-ethyl adjacent to an activating group) is 1. The highest BCUT2D eigenvalue weighted by atomic mass is 35.5. The topological polar surface area (TPSA) is 37.2 Å². The summed E-state index contributed by atoms with van der Waals surface area (Å²) in [5.74, 6) is 1.11. The standard InChI is InChI=1S/C27H39N5.2ClH/c1-6-25-29-26-20(3)17-21(4)28-27(26)32(25)19-24-12-10-23(11-13-24)9-8-14-30-15-16-31(7-2)22(5)18-30;;/h10-13,17,22H,6-9,14-16,18-19H2,1-5H3;2*1H. The zero-order chi connectivity index (χ0) is 22.7. The van der Waals surface area contributed by atoms with E-state index in [1.165, 1.54) is 55.8 Å². The van der Waals surface area contributed by atoms with Gasteiger partial charge >= 0.3 is 0 Å². The first-order valence-electron chi connectivity index (χ1n) is 12.4. The van der Waals surface area contributed by atoms with E-state index >= 15 is 0 Å². The molecule has 0 N–H and O–H groups in total. The molecule has 0 radical (unpaired) electrons. The third-order valence-corrected chi connectivity index (χ3v) is 6.98. The molecule has 3 heterocycles. The number of aromatic nitrogens is 3. The Bertz CT molecular complexity index is 1050. The summed E-state index contributed by atoms with van der Waals surface area (Å²) < 4.78 is 2.29. The molecule has 0 aliphatic carbocycles. The number of hydrogen-bond donors (Lipinski definition) is 0. The van der Waals surface area contributed by atoms with Crippen LogP contribution in [0.1, 0.15) is 55.4 Å². The van der Waals surface area contributed by atoms with Crippen LogP contribution in [0, 0.1) is 13.8 Å². The quantitative estimate of drug-likeness (QED) is 0.407. The number of nitrogens with zero attached hydrogens (tertiary/aromatic N) is 5. The van der Waals surface area contributed by atoms with Crippen molar-refractivity contribution in [2.75, 3.05) is 32.7 Å². The van der Waals surface area contributed by atoms with Crippen LogP contribution in [0.5, 0.6) is 0 Å². The average Bonchev–Trinajstić information content (AvgIpc) is 3.13. The predicted molar refractivity (Wildman–Crippen MR) is 148 cm³/mol. The van der Waals surface area contributed by atoms with Gasteiger partial charge in [-0.2, -0.15) is 0 Å². The summed E-state index contributed by atoms with van der Waals surface area (Å²) in [5, 5.41) is 0. The van der Waals surface area contributed by atoms with Gasteiger partial charge in [0.2, 0.25) is 0 Å². The van der Waals surface area contributed by atoms with E-state index in [0.717, 1.165) is 42.1 Å². The minimum absolute atomic E-state index is 0. The minimum Gasteiger partial charge on any atom is -0.308 e. The van der Waals surface area contributed by atoms with Gasteiger partial charge in [0.15, 0.2) is 5.65 Å². The maximum atomic E-state index is 4.88. The largest absolute Gasteiger partial charge is 0.308 e. The highest BCUT2D eigenvalue weighted by molar-refractivity contribution is 5.85. The van der Waals surface area contributed by atoms with Crippen LogP contribution in [0.2, 0.25) is 0 Å². The molecule has 188 valence electrons. The Hall–Kier alpha value is -1.66. The first kappa shape index (κ1) is 28.6. The molecular weight excluding hydrogens is 465 g/mol. The van der Waals surface area contributed by atoms with Crippen LogP contribution in [0.25, 0.3) is 11.2 Å². The molecule has 1 aliphatic rings. The van der Waals surface area contributed by atoms with Crippen LogP contribution < -0.4 is 0 Å². The number of rotatable bonds is 8. The lowest BCUT2D eigenvalue weighted by Gasteiger charge is -2.39. The van der Waals surface area contributed by atoms with E-state index in [0.29, 0.717) is 6.04 Å². The minimum atomic E-state index is 0. The van der Waals surface area contributed by atoms with Crippen LogP contribution in [-0.2, 0) is 19.4 Å². The summed E-state index contributed by atoms with van der Waals surface area (Å²) in [7, 11) is 0. The summed E-state index contributed by atoms with van der Waals surface area (Å²) in [6.45, 7) is 17.8. The van der Waals surface area contributed by atoms with E-state index in [2.05, 4.69) is 79.3 Å². The normalized spacial score (nSPS) is 16.9. The molecule has 3 aromatic rings. The van der Waals surface area contributed by atoms with Crippen LogP contribution >= 0.6 is 24.8 Å². The Morgan fingerprint density at radius 2 is 1.68 bits per heavy atom. The molecule has 1 atom stereocenters. The summed E-state index contributed by atoms with van der Waals surface area (Å²) in [6.07, 6.45) is 3.29. The summed E-state index contributed by atoms with van der Waals surface area (Å²) in [5.41, 5.74) is 7.07. The lowest BCUT2D eigenvalue weighted by Crippen LogP contribution is -2.51. The molecule has 2 aromatic heterocycles. The van der Waals surface area contributed by atoms with Crippen molar-refractivity contribution in [1.29, 1.82) is 0 Å². The Morgan fingerprint density at radius 1 is 0.971 bits per heavy atom. The second-order valence-corrected chi connectivity index (χ2v) is 9.42. The molecular formula is C27H41Cl2N5. The zero-order valence-corrected chi connectivity index (χ0v) is 23.0. The number of hydrogen-bond acceptors (Lipinski definition) is 4. The van der Waals surface area contributed by atoms with Crippen molar-refractivity contribution < 1.29 is 0 Å². The lowest BCUT2D eigenvalue weighted by atomic mass is 10.1. The molecule has 0 saturated carbocycles. The van der Waals surface area contributed by atoms with Gasteiger partial charge in [-0.05, 0) is 69.5 Å². The van der Waals surface area contributed by atoms with E-state index in [1.807, 2.05) is 0 Å². The van der Waals surface area contributed by atoms with Crippen LogP contribution in [0.15, 0.2) is 30.3 Å². The van der Waals surface area contributed by atoms with Crippen molar-refractivity contribution in [2.45, 2.75) is 66.5 Å². The van der Waals surface area contributed by atoms with E-state index in [4.69, 9.17) is 9.97 Å². The molecule has 1 aromatic carbocycles. The fourth-order valence-corrected chi connectivity index (χ4v) is 5.13. The Labute approximate surface area is 217 Å². The van der Waals surface area contributed by atoms with Gasteiger partial charge in [0.05, 0.1) is 6.54 Å². The van der Waals surface area contributed by atoms with Crippen LogP contribution in [0.4, 0.5) is 0 Å². The third kappa shape index (κ3) is 6.51.